The molecule has 0 fully saturated rings. The van der Waals surface area contributed by atoms with E-state index in [4.69, 9.17) is 0 Å². The Kier molecular flexibility index (Phi) is 3.11. The summed E-state index contributed by atoms with van der Waals surface area (Å²) in [6, 6.07) is 25.0. The van der Waals surface area contributed by atoms with Gasteiger partial charge < -0.3 is 0 Å². The van der Waals surface area contributed by atoms with E-state index in [-0.39, 0.29) is 5.82 Å². The van der Waals surface area contributed by atoms with Crippen LogP contribution < -0.4 is 0 Å². The second-order valence-corrected chi connectivity index (χ2v) is 4.46. The van der Waals surface area contributed by atoms with Crippen LogP contribution in [0.3, 0.4) is 0 Å². The average molecular weight is 248 g/mol. The molecular weight excluding hydrogens is 235 g/mol. The second kappa shape index (κ2) is 5.07. The SMILES string of the molecule is Fc1cccc(-c2cccc(-c3ccccc3)c2)c1. The van der Waals surface area contributed by atoms with Gasteiger partial charge in [0.25, 0.3) is 0 Å². The van der Waals surface area contributed by atoms with Crippen molar-refractivity contribution in [2.24, 2.45) is 0 Å². The standard InChI is InChI=1S/C18H13F/c19-18-11-5-10-17(13-18)16-9-4-8-15(12-16)14-6-2-1-3-7-14/h1-13H. The van der Waals surface area contributed by atoms with Crippen molar-refractivity contribution in [2.75, 3.05) is 0 Å². The summed E-state index contributed by atoms with van der Waals surface area (Å²) in [5.41, 5.74) is 4.24. The van der Waals surface area contributed by atoms with Crippen molar-refractivity contribution in [1.82, 2.24) is 0 Å². The van der Waals surface area contributed by atoms with Gasteiger partial charge in [-0.3, -0.25) is 0 Å². The molecule has 0 aliphatic heterocycles. The zero-order chi connectivity index (χ0) is 13.1. The van der Waals surface area contributed by atoms with Crippen molar-refractivity contribution in [3.63, 3.8) is 0 Å². The van der Waals surface area contributed by atoms with Gasteiger partial charge in [-0.1, -0.05) is 60.7 Å². The molecule has 3 aromatic rings. The largest absolute Gasteiger partial charge is 0.207 e. The van der Waals surface area contributed by atoms with Crippen LogP contribution in [0.2, 0.25) is 0 Å². The number of halogens is 1. The molecule has 3 rings (SSSR count). The van der Waals surface area contributed by atoms with Crippen LogP contribution in [0.1, 0.15) is 0 Å². The van der Waals surface area contributed by atoms with Gasteiger partial charge in [0.1, 0.15) is 5.82 Å². The third kappa shape index (κ3) is 2.55. The molecule has 19 heavy (non-hydrogen) atoms. The van der Waals surface area contributed by atoms with E-state index in [1.54, 1.807) is 12.1 Å². The maximum absolute atomic E-state index is 13.3. The molecule has 0 amide bonds. The van der Waals surface area contributed by atoms with Gasteiger partial charge in [0, 0.05) is 0 Å². The number of hydrogen-bond donors (Lipinski definition) is 0. The maximum Gasteiger partial charge on any atom is 0.123 e. The van der Waals surface area contributed by atoms with E-state index in [9.17, 15) is 4.39 Å². The summed E-state index contributed by atoms with van der Waals surface area (Å²) in [6.45, 7) is 0. The lowest BCUT2D eigenvalue weighted by Gasteiger charge is -2.06. The Morgan fingerprint density at radius 3 is 1.68 bits per heavy atom. The molecule has 1 heteroatoms. The molecule has 0 radical (unpaired) electrons. The molecule has 0 spiro atoms. The molecular formula is C18H13F. The fourth-order valence-electron chi connectivity index (χ4n) is 2.18. The number of benzene rings is 3. The summed E-state index contributed by atoms with van der Waals surface area (Å²) < 4.78 is 13.3. The van der Waals surface area contributed by atoms with E-state index in [0.717, 1.165) is 16.7 Å². The normalized spacial score (nSPS) is 10.4. The minimum Gasteiger partial charge on any atom is -0.207 e. The molecule has 0 aliphatic carbocycles. The zero-order valence-electron chi connectivity index (χ0n) is 10.4. The maximum atomic E-state index is 13.3. The summed E-state index contributed by atoms with van der Waals surface area (Å²) in [4.78, 5) is 0. The van der Waals surface area contributed by atoms with Crippen LogP contribution in [0.4, 0.5) is 4.39 Å². The third-order valence-electron chi connectivity index (χ3n) is 3.13. The van der Waals surface area contributed by atoms with Crippen molar-refractivity contribution in [1.29, 1.82) is 0 Å². The molecule has 92 valence electrons. The monoisotopic (exact) mass is 248 g/mol. The molecule has 0 saturated heterocycles. The van der Waals surface area contributed by atoms with Crippen LogP contribution in [0.15, 0.2) is 78.9 Å². The lowest BCUT2D eigenvalue weighted by Crippen LogP contribution is -1.82. The van der Waals surface area contributed by atoms with Gasteiger partial charge in [-0.15, -0.1) is 0 Å². The predicted octanol–water partition coefficient (Wildman–Crippen LogP) is 5.16. The van der Waals surface area contributed by atoms with Crippen LogP contribution in [-0.2, 0) is 0 Å². The van der Waals surface area contributed by atoms with Gasteiger partial charge in [0.15, 0.2) is 0 Å². The lowest BCUT2D eigenvalue weighted by molar-refractivity contribution is 0.628. The highest BCUT2D eigenvalue weighted by molar-refractivity contribution is 5.72. The van der Waals surface area contributed by atoms with Crippen LogP contribution in [0.5, 0.6) is 0 Å². The Labute approximate surface area is 112 Å². The molecule has 3 aromatic carbocycles. The lowest BCUT2D eigenvalue weighted by atomic mass is 9.99. The highest BCUT2D eigenvalue weighted by atomic mass is 19.1. The molecule has 0 bridgehead atoms. The van der Waals surface area contributed by atoms with Gasteiger partial charge in [-0.05, 0) is 40.5 Å². The fourth-order valence-corrected chi connectivity index (χ4v) is 2.18. The molecule has 0 unspecified atom stereocenters. The summed E-state index contributed by atoms with van der Waals surface area (Å²) in [7, 11) is 0. The van der Waals surface area contributed by atoms with Crippen molar-refractivity contribution in [3.8, 4) is 22.3 Å². The van der Waals surface area contributed by atoms with E-state index in [1.807, 2.05) is 36.4 Å². The molecule has 0 N–H and O–H groups in total. The van der Waals surface area contributed by atoms with Gasteiger partial charge in [0.2, 0.25) is 0 Å². The Balaban J connectivity index is 2.06. The highest BCUT2D eigenvalue weighted by Crippen LogP contribution is 2.26. The molecule has 0 atom stereocenters. The van der Waals surface area contributed by atoms with E-state index >= 15 is 0 Å². The molecule has 0 heterocycles. The summed E-state index contributed by atoms with van der Waals surface area (Å²) in [5.74, 6) is -0.206. The minimum absolute atomic E-state index is 0.206. The highest BCUT2D eigenvalue weighted by Gasteiger charge is 2.02. The van der Waals surface area contributed by atoms with Crippen molar-refractivity contribution in [2.45, 2.75) is 0 Å². The molecule has 0 aliphatic rings. The third-order valence-corrected chi connectivity index (χ3v) is 3.13. The first-order valence-corrected chi connectivity index (χ1v) is 6.24. The van der Waals surface area contributed by atoms with Crippen LogP contribution >= 0.6 is 0 Å². The summed E-state index contributed by atoms with van der Waals surface area (Å²) in [6.07, 6.45) is 0. The summed E-state index contributed by atoms with van der Waals surface area (Å²) >= 11 is 0. The van der Waals surface area contributed by atoms with E-state index in [2.05, 4.69) is 24.3 Å². The zero-order valence-corrected chi connectivity index (χ0v) is 10.4. The van der Waals surface area contributed by atoms with Gasteiger partial charge in [-0.2, -0.15) is 0 Å². The Hall–Kier alpha value is -2.41. The Bertz CT molecular complexity index is 687. The molecule has 0 aromatic heterocycles. The smallest absolute Gasteiger partial charge is 0.123 e. The first-order chi connectivity index (χ1) is 9.33. The predicted molar refractivity (Wildman–Crippen MR) is 77.3 cm³/mol. The Morgan fingerprint density at radius 1 is 0.474 bits per heavy atom. The quantitative estimate of drug-likeness (QED) is 0.587. The minimum atomic E-state index is -0.206. The van der Waals surface area contributed by atoms with Gasteiger partial charge >= 0.3 is 0 Å². The van der Waals surface area contributed by atoms with Gasteiger partial charge in [0.05, 0.1) is 0 Å². The van der Waals surface area contributed by atoms with E-state index in [0.29, 0.717) is 0 Å². The topological polar surface area (TPSA) is 0 Å². The summed E-state index contributed by atoms with van der Waals surface area (Å²) in [5, 5.41) is 0. The van der Waals surface area contributed by atoms with E-state index in [1.165, 1.54) is 11.6 Å². The van der Waals surface area contributed by atoms with Crippen molar-refractivity contribution < 1.29 is 4.39 Å². The second-order valence-electron chi connectivity index (χ2n) is 4.46. The fraction of sp³-hybridized carbons (Fsp3) is 0. The average Bonchev–Trinajstić information content (AvgIpc) is 2.48. The first kappa shape index (κ1) is 11.7. The number of hydrogen-bond acceptors (Lipinski definition) is 0. The van der Waals surface area contributed by atoms with Crippen LogP contribution in [0, 0.1) is 5.82 Å². The number of rotatable bonds is 2. The Morgan fingerprint density at radius 2 is 1.00 bits per heavy atom. The van der Waals surface area contributed by atoms with E-state index < -0.39 is 0 Å². The van der Waals surface area contributed by atoms with Crippen LogP contribution in [-0.4, -0.2) is 0 Å². The van der Waals surface area contributed by atoms with Gasteiger partial charge in [-0.25, -0.2) is 4.39 Å². The van der Waals surface area contributed by atoms with Crippen LogP contribution in [0.25, 0.3) is 22.3 Å². The molecule has 0 saturated carbocycles. The first-order valence-electron chi connectivity index (χ1n) is 6.24. The van der Waals surface area contributed by atoms with Crippen molar-refractivity contribution >= 4 is 0 Å². The molecule has 0 nitrogen and oxygen atoms in total. The van der Waals surface area contributed by atoms with Crippen molar-refractivity contribution in [3.05, 3.63) is 84.7 Å².